The number of carboxylic acid groups (broad SMARTS) is 1. The van der Waals surface area contributed by atoms with Gasteiger partial charge in [-0.3, -0.25) is 4.79 Å². The molecule has 2 fully saturated rings. The first-order chi connectivity index (χ1) is 16.2. The van der Waals surface area contributed by atoms with Crippen molar-refractivity contribution in [1.82, 2.24) is 9.96 Å². The van der Waals surface area contributed by atoms with Crippen molar-refractivity contribution in [2.75, 3.05) is 13.2 Å². The minimum Gasteiger partial charge on any atom is -0.478 e. The van der Waals surface area contributed by atoms with E-state index < -0.39 is 45.8 Å². The Morgan fingerprint density at radius 2 is 1.91 bits per heavy atom. The van der Waals surface area contributed by atoms with Crippen LogP contribution in [0.4, 0.5) is 4.79 Å². The Hall–Kier alpha value is -2.70. The average Bonchev–Trinajstić information content (AvgIpc) is 2.98. The number of amides is 3. The summed E-state index contributed by atoms with van der Waals surface area (Å²) in [4.78, 5) is 36.8. The molecule has 2 heterocycles. The standard InChI is InChI=1S/C23H33N3O8S/c1-14-7-8-16(15(2)19(14)21(28)29)6-5-11-23(3,4)13-33-35(31,32)34-26-17-9-10-18(20(24)27)25(12-17)22(26)30/h7-8,17-18H,5-6,9-13H2,1-4H3,(H2,24,27)(H,28,29)/t17-,18+/m1/s1. The number of hydrogen-bond acceptors (Lipinski definition) is 7. The van der Waals surface area contributed by atoms with Gasteiger partial charge < -0.3 is 15.7 Å². The molecule has 0 radical (unpaired) electrons. The van der Waals surface area contributed by atoms with Gasteiger partial charge in [-0.1, -0.05) is 26.0 Å². The van der Waals surface area contributed by atoms with E-state index in [1.54, 1.807) is 19.9 Å². The summed E-state index contributed by atoms with van der Waals surface area (Å²) in [6.45, 7) is 7.26. The summed E-state index contributed by atoms with van der Waals surface area (Å²) in [6, 6.07) is 1.70. The fourth-order valence-electron chi connectivity index (χ4n) is 4.70. The van der Waals surface area contributed by atoms with Crippen LogP contribution in [0.25, 0.3) is 0 Å². The minimum absolute atomic E-state index is 0.162. The molecule has 2 aliphatic heterocycles. The molecule has 11 nitrogen and oxygen atoms in total. The number of primary amides is 1. The highest BCUT2D eigenvalue weighted by Crippen LogP contribution is 2.32. The SMILES string of the molecule is Cc1ccc(CCCC(C)(C)COS(=O)(=O)ON2C(=O)N3C[C@H]2CC[C@H]3C(N)=O)c(C)c1C(=O)O. The van der Waals surface area contributed by atoms with Crippen LogP contribution in [0.3, 0.4) is 0 Å². The number of hydrogen-bond donors (Lipinski definition) is 2. The van der Waals surface area contributed by atoms with Gasteiger partial charge in [0.05, 0.1) is 18.2 Å². The van der Waals surface area contributed by atoms with Crippen LogP contribution in [-0.2, 0) is 30.1 Å². The number of rotatable bonds is 11. The van der Waals surface area contributed by atoms with E-state index >= 15 is 0 Å². The summed E-state index contributed by atoms with van der Waals surface area (Å²) in [6.07, 6.45) is 2.67. The van der Waals surface area contributed by atoms with Crippen molar-refractivity contribution in [3.8, 4) is 0 Å². The van der Waals surface area contributed by atoms with Crippen molar-refractivity contribution < 1.29 is 36.4 Å². The van der Waals surface area contributed by atoms with Crippen LogP contribution in [0.1, 0.15) is 66.6 Å². The van der Waals surface area contributed by atoms with Crippen LogP contribution in [0.15, 0.2) is 12.1 Å². The summed E-state index contributed by atoms with van der Waals surface area (Å²) in [5, 5.41) is 10.2. The van der Waals surface area contributed by atoms with Gasteiger partial charge in [-0.25, -0.2) is 13.8 Å². The molecule has 2 bridgehead atoms. The number of aryl methyl sites for hydroxylation is 2. The second-order valence-corrected chi connectivity index (χ2v) is 11.2. The largest absolute Gasteiger partial charge is 0.478 e. The van der Waals surface area contributed by atoms with E-state index in [1.165, 1.54) is 4.90 Å². The van der Waals surface area contributed by atoms with Crippen LogP contribution in [0, 0.1) is 19.3 Å². The molecule has 0 unspecified atom stereocenters. The number of benzene rings is 1. The van der Waals surface area contributed by atoms with Crippen LogP contribution in [0.2, 0.25) is 0 Å². The van der Waals surface area contributed by atoms with Gasteiger partial charge in [0.25, 0.3) is 0 Å². The van der Waals surface area contributed by atoms with Gasteiger partial charge in [0, 0.05) is 6.54 Å². The van der Waals surface area contributed by atoms with E-state index in [-0.39, 0.29) is 13.2 Å². The van der Waals surface area contributed by atoms with Gasteiger partial charge in [-0.15, -0.1) is 4.28 Å². The molecule has 1 aromatic carbocycles. The molecular formula is C23H33N3O8S. The maximum absolute atomic E-state index is 12.5. The third-order valence-electron chi connectivity index (χ3n) is 6.72. The second-order valence-electron chi connectivity index (χ2n) is 10.0. The van der Waals surface area contributed by atoms with Crippen LogP contribution >= 0.6 is 0 Å². The van der Waals surface area contributed by atoms with Crippen molar-refractivity contribution in [1.29, 1.82) is 0 Å². The van der Waals surface area contributed by atoms with E-state index in [1.807, 2.05) is 19.9 Å². The van der Waals surface area contributed by atoms with Crippen molar-refractivity contribution in [2.24, 2.45) is 11.1 Å². The summed E-state index contributed by atoms with van der Waals surface area (Å²) >= 11 is 0. The molecule has 12 heteroatoms. The number of fused-ring (bicyclic) bond motifs is 2. The van der Waals surface area contributed by atoms with Gasteiger partial charge in [0.2, 0.25) is 5.91 Å². The number of aromatic carboxylic acids is 1. The quantitative estimate of drug-likeness (QED) is 0.458. The van der Waals surface area contributed by atoms with Crippen molar-refractivity contribution in [3.63, 3.8) is 0 Å². The predicted molar refractivity (Wildman–Crippen MR) is 125 cm³/mol. The van der Waals surface area contributed by atoms with E-state index in [0.717, 1.165) is 16.2 Å². The lowest BCUT2D eigenvalue weighted by molar-refractivity contribution is -0.122. The summed E-state index contributed by atoms with van der Waals surface area (Å²) in [5.41, 5.74) is 7.49. The Labute approximate surface area is 205 Å². The Morgan fingerprint density at radius 3 is 2.54 bits per heavy atom. The lowest BCUT2D eigenvalue weighted by atomic mass is 9.86. The second kappa shape index (κ2) is 10.1. The fourth-order valence-corrected chi connectivity index (χ4v) is 5.59. The van der Waals surface area contributed by atoms with Crippen molar-refractivity contribution >= 4 is 28.3 Å². The Balaban J connectivity index is 1.53. The molecule has 0 spiro atoms. The number of nitrogens with zero attached hydrogens (tertiary/aromatic N) is 2. The molecule has 194 valence electrons. The number of carbonyl (C=O) groups is 3. The van der Waals surface area contributed by atoms with Gasteiger partial charge in [0.1, 0.15) is 6.04 Å². The van der Waals surface area contributed by atoms with E-state index in [2.05, 4.69) is 0 Å². The molecule has 0 aromatic heterocycles. The van der Waals surface area contributed by atoms with Gasteiger partial charge in [-0.05, 0) is 68.1 Å². The first-order valence-corrected chi connectivity index (χ1v) is 12.9. The zero-order valence-electron chi connectivity index (χ0n) is 20.4. The summed E-state index contributed by atoms with van der Waals surface area (Å²) in [7, 11) is -4.51. The number of carbonyl (C=O) groups excluding carboxylic acids is 2. The zero-order valence-corrected chi connectivity index (χ0v) is 21.3. The zero-order chi connectivity index (χ0) is 26.1. The molecule has 0 aliphatic carbocycles. The lowest BCUT2D eigenvalue weighted by Gasteiger charge is -2.27. The normalized spacial score (nSPS) is 20.4. The topological polar surface area (TPSA) is 157 Å². The molecule has 2 saturated heterocycles. The Morgan fingerprint density at radius 1 is 1.23 bits per heavy atom. The lowest BCUT2D eigenvalue weighted by Crippen LogP contribution is -2.47. The van der Waals surface area contributed by atoms with E-state index in [0.29, 0.717) is 43.2 Å². The molecule has 1 aromatic rings. The molecule has 35 heavy (non-hydrogen) atoms. The average molecular weight is 512 g/mol. The molecule has 2 aliphatic rings. The van der Waals surface area contributed by atoms with E-state index in [9.17, 15) is 27.9 Å². The fraction of sp³-hybridized carbons (Fsp3) is 0.609. The number of hydroxylamine groups is 2. The van der Waals surface area contributed by atoms with Gasteiger partial charge in [-0.2, -0.15) is 13.5 Å². The first kappa shape index (κ1) is 26.9. The molecule has 0 saturated carbocycles. The highest BCUT2D eigenvalue weighted by molar-refractivity contribution is 7.81. The van der Waals surface area contributed by atoms with Crippen LogP contribution in [0.5, 0.6) is 0 Å². The summed E-state index contributed by atoms with van der Waals surface area (Å²) in [5.74, 6) is -1.59. The number of piperidine rings is 1. The molecule has 2 atom stereocenters. The Kier molecular flexibility index (Phi) is 7.77. The maximum Gasteiger partial charge on any atom is 0.421 e. The van der Waals surface area contributed by atoms with Gasteiger partial charge >= 0.3 is 22.4 Å². The molecule has 3 N–H and O–H groups in total. The minimum atomic E-state index is -4.51. The van der Waals surface area contributed by atoms with Crippen molar-refractivity contribution in [3.05, 3.63) is 34.4 Å². The third-order valence-corrected chi connectivity index (χ3v) is 7.47. The highest BCUT2D eigenvalue weighted by atomic mass is 32.3. The van der Waals surface area contributed by atoms with Gasteiger partial charge in [0.15, 0.2) is 0 Å². The highest BCUT2D eigenvalue weighted by Gasteiger charge is 2.49. The summed E-state index contributed by atoms with van der Waals surface area (Å²) < 4.78 is 35.0. The predicted octanol–water partition coefficient (Wildman–Crippen LogP) is 2.30. The molecule has 3 rings (SSSR count). The van der Waals surface area contributed by atoms with E-state index in [4.69, 9.17) is 14.2 Å². The first-order valence-electron chi connectivity index (χ1n) is 11.5. The maximum atomic E-state index is 12.5. The molecule has 3 amide bonds. The monoisotopic (exact) mass is 511 g/mol. The Bertz CT molecular complexity index is 1120. The number of nitrogens with two attached hydrogens (primary N) is 1. The third kappa shape index (κ3) is 6.11. The smallest absolute Gasteiger partial charge is 0.421 e. The molecular weight excluding hydrogens is 478 g/mol. The van der Waals surface area contributed by atoms with Crippen LogP contribution < -0.4 is 5.73 Å². The van der Waals surface area contributed by atoms with Crippen molar-refractivity contribution in [2.45, 2.75) is 71.9 Å². The van der Waals surface area contributed by atoms with Crippen LogP contribution in [-0.4, -0.2) is 66.6 Å². The number of carboxylic acids is 1. The number of urea groups is 1.